The third-order valence-electron chi connectivity index (χ3n) is 2.95. The molecule has 0 saturated carbocycles. The molecule has 1 heterocycles. The Morgan fingerprint density at radius 3 is 2.57 bits per heavy atom. The lowest BCUT2D eigenvalue weighted by atomic mass is 10.1. The Kier molecular flexibility index (Phi) is 4.65. The molecule has 0 aliphatic rings. The third kappa shape index (κ3) is 3.44. The number of hydrogen-bond acceptors (Lipinski definition) is 4. The minimum atomic E-state index is -0.307. The zero-order valence-corrected chi connectivity index (χ0v) is 12.7. The van der Waals surface area contributed by atoms with Gasteiger partial charge in [0.1, 0.15) is 16.7 Å². The van der Waals surface area contributed by atoms with Crippen molar-refractivity contribution in [2.75, 3.05) is 19.5 Å². The number of halogens is 1. The van der Waals surface area contributed by atoms with Crippen molar-refractivity contribution in [2.45, 2.75) is 6.92 Å². The standard InChI is InChI=1S/C15H15ClN2O3/c1-9-12(5-7-14(16)17-9)18-15(19)11-8-10(20-2)4-6-13(11)21-3/h4-8H,1-3H3,(H,18,19). The number of anilines is 1. The number of amides is 1. The SMILES string of the molecule is COc1ccc(OC)c(C(=O)Nc2ccc(Cl)nc2C)c1. The highest BCUT2D eigenvalue weighted by atomic mass is 35.5. The fraction of sp³-hybridized carbons (Fsp3) is 0.200. The van der Waals surface area contributed by atoms with Crippen molar-refractivity contribution >= 4 is 23.2 Å². The highest BCUT2D eigenvalue weighted by Crippen LogP contribution is 2.25. The number of carbonyl (C=O) groups is 1. The molecule has 1 amide bonds. The van der Waals surface area contributed by atoms with E-state index in [1.807, 2.05) is 0 Å². The van der Waals surface area contributed by atoms with Crippen LogP contribution in [0.15, 0.2) is 30.3 Å². The van der Waals surface area contributed by atoms with E-state index in [0.29, 0.717) is 33.6 Å². The minimum Gasteiger partial charge on any atom is -0.497 e. The molecule has 110 valence electrons. The second-order valence-electron chi connectivity index (χ2n) is 4.29. The van der Waals surface area contributed by atoms with Crippen LogP contribution in [0.4, 0.5) is 5.69 Å². The molecule has 2 rings (SSSR count). The van der Waals surface area contributed by atoms with Crippen LogP contribution >= 0.6 is 11.6 Å². The summed E-state index contributed by atoms with van der Waals surface area (Å²) in [4.78, 5) is 16.5. The van der Waals surface area contributed by atoms with Gasteiger partial charge in [0.25, 0.3) is 5.91 Å². The molecule has 0 spiro atoms. The van der Waals surface area contributed by atoms with Gasteiger partial charge in [-0.3, -0.25) is 4.79 Å². The number of hydrogen-bond donors (Lipinski definition) is 1. The molecule has 1 aromatic carbocycles. The molecule has 1 N–H and O–H groups in total. The molecule has 0 unspecified atom stereocenters. The Labute approximate surface area is 127 Å². The first kappa shape index (κ1) is 15.1. The van der Waals surface area contributed by atoms with Gasteiger partial charge >= 0.3 is 0 Å². The number of aryl methyl sites for hydroxylation is 1. The Bertz CT molecular complexity index is 674. The summed E-state index contributed by atoms with van der Waals surface area (Å²) < 4.78 is 10.3. The average molecular weight is 307 g/mol. The van der Waals surface area contributed by atoms with E-state index in [-0.39, 0.29) is 5.91 Å². The second kappa shape index (κ2) is 6.45. The van der Waals surface area contributed by atoms with E-state index in [2.05, 4.69) is 10.3 Å². The van der Waals surface area contributed by atoms with Crippen LogP contribution in [0, 0.1) is 6.92 Å². The van der Waals surface area contributed by atoms with E-state index < -0.39 is 0 Å². The van der Waals surface area contributed by atoms with Gasteiger partial charge in [0.2, 0.25) is 0 Å². The van der Waals surface area contributed by atoms with E-state index in [4.69, 9.17) is 21.1 Å². The molecule has 0 aliphatic heterocycles. The summed E-state index contributed by atoms with van der Waals surface area (Å²) in [6.07, 6.45) is 0. The lowest BCUT2D eigenvalue weighted by Crippen LogP contribution is -2.14. The van der Waals surface area contributed by atoms with Crippen LogP contribution in [-0.2, 0) is 0 Å². The molecule has 1 aromatic heterocycles. The molecule has 0 fully saturated rings. The zero-order chi connectivity index (χ0) is 15.4. The summed E-state index contributed by atoms with van der Waals surface area (Å²) in [7, 11) is 3.05. The average Bonchev–Trinajstić information content (AvgIpc) is 2.49. The van der Waals surface area contributed by atoms with Crippen LogP contribution in [-0.4, -0.2) is 25.1 Å². The summed E-state index contributed by atoms with van der Waals surface area (Å²) in [5.74, 6) is 0.734. The summed E-state index contributed by atoms with van der Waals surface area (Å²) >= 11 is 5.80. The summed E-state index contributed by atoms with van der Waals surface area (Å²) in [6, 6.07) is 8.35. The monoisotopic (exact) mass is 306 g/mol. The molecule has 2 aromatic rings. The quantitative estimate of drug-likeness (QED) is 0.880. The van der Waals surface area contributed by atoms with E-state index in [1.54, 1.807) is 37.3 Å². The number of aromatic nitrogens is 1. The summed E-state index contributed by atoms with van der Waals surface area (Å²) in [5.41, 5.74) is 1.61. The van der Waals surface area contributed by atoms with E-state index in [9.17, 15) is 4.79 Å². The number of rotatable bonds is 4. The van der Waals surface area contributed by atoms with Gasteiger partial charge in [0.05, 0.1) is 31.2 Å². The number of carbonyl (C=O) groups excluding carboxylic acids is 1. The summed E-state index contributed by atoms with van der Waals surface area (Å²) in [6.45, 7) is 1.77. The van der Waals surface area contributed by atoms with E-state index in [1.165, 1.54) is 14.2 Å². The molecule has 6 heteroatoms. The van der Waals surface area contributed by atoms with Crippen LogP contribution in [0.5, 0.6) is 11.5 Å². The lowest BCUT2D eigenvalue weighted by Gasteiger charge is -2.12. The third-order valence-corrected chi connectivity index (χ3v) is 3.16. The lowest BCUT2D eigenvalue weighted by molar-refractivity contribution is 0.102. The van der Waals surface area contributed by atoms with Gasteiger partial charge in [-0.25, -0.2) is 4.98 Å². The molecular formula is C15H15ClN2O3. The maximum Gasteiger partial charge on any atom is 0.259 e. The van der Waals surface area contributed by atoms with Gasteiger partial charge in [0, 0.05) is 0 Å². The van der Waals surface area contributed by atoms with Gasteiger partial charge in [-0.15, -0.1) is 0 Å². The van der Waals surface area contributed by atoms with Crippen LogP contribution in [0.1, 0.15) is 16.1 Å². The molecule has 0 saturated heterocycles. The molecule has 0 radical (unpaired) electrons. The normalized spacial score (nSPS) is 10.1. The Morgan fingerprint density at radius 1 is 1.19 bits per heavy atom. The van der Waals surface area contributed by atoms with Crippen molar-refractivity contribution in [3.63, 3.8) is 0 Å². The molecule has 5 nitrogen and oxygen atoms in total. The van der Waals surface area contributed by atoms with Gasteiger partial charge in [-0.2, -0.15) is 0 Å². The zero-order valence-electron chi connectivity index (χ0n) is 11.9. The maximum atomic E-state index is 12.4. The van der Waals surface area contributed by atoms with Crippen molar-refractivity contribution in [3.8, 4) is 11.5 Å². The number of benzene rings is 1. The van der Waals surface area contributed by atoms with Crippen molar-refractivity contribution < 1.29 is 14.3 Å². The first-order valence-corrected chi connectivity index (χ1v) is 6.59. The predicted octanol–water partition coefficient (Wildman–Crippen LogP) is 3.31. The Balaban J connectivity index is 2.31. The first-order valence-electron chi connectivity index (χ1n) is 6.21. The van der Waals surface area contributed by atoms with Crippen LogP contribution in [0.2, 0.25) is 5.15 Å². The van der Waals surface area contributed by atoms with Crippen LogP contribution in [0.25, 0.3) is 0 Å². The first-order chi connectivity index (χ1) is 10.0. The van der Waals surface area contributed by atoms with E-state index in [0.717, 1.165) is 0 Å². The fourth-order valence-electron chi connectivity index (χ4n) is 1.84. The van der Waals surface area contributed by atoms with Gasteiger partial charge < -0.3 is 14.8 Å². The number of ether oxygens (including phenoxy) is 2. The van der Waals surface area contributed by atoms with Crippen molar-refractivity contribution in [3.05, 3.63) is 46.7 Å². The fourth-order valence-corrected chi connectivity index (χ4v) is 2.03. The highest BCUT2D eigenvalue weighted by Gasteiger charge is 2.15. The van der Waals surface area contributed by atoms with Crippen molar-refractivity contribution in [2.24, 2.45) is 0 Å². The molecule has 0 atom stereocenters. The van der Waals surface area contributed by atoms with Crippen molar-refractivity contribution in [1.29, 1.82) is 0 Å². The molecule has 0 bridgehead atoms. The number of methoxy groups -OCH3 is 2. The van der Waals surface area contributed by atoms with E-state index >= 15 is 0 Å². The van der Waals surface area contributed by atoms with Crippen LogP contribution in [0.3, 0.4) is 0 Å². The van der Waals surface area contributed by atoms with Gasteiger partial charge in [-0.05, 0) is 37.3 Å². The topological polar surface area (TPSA) is 60.5 Å². The maximum absolute atomic E-state index is 12.4. The number of pyridine rings is 1. The highest BCUT2D eigenvalue weighted by molar-refractivity contribution is 6.29. The molecular weight excluding hydrogens is 292 g/mol. The van der Waals surface area contributed by atoms with Gasteiger partial charge in [-0.1, -0.05) is 11.6 Å². The summed E-state index contributed by atoms with van der Waals surface area (Å²) in [5, 5.41) is 3.16. The smallest absolute Gasteiger partial charge is 0.259 e. The van der Waals surface area contributed by atoms with Crippen LogP contribution < -0.4 is 14.8 Å². The Morgan fingerprint density at radius 2 is 1.95 bits per heavy atom. The number of nitrogens with one attached hydrogen (secondary N) is 1. The molecule has 21 heavy (non-hydrogen) atoms. The second-order valence-corrected chi connectivity index (χ2v) is 4.67. The predicted molar refractivity (Wildman–Crippen MR) is 81.5 cm³/mol. The molecule has 0 aliphatic carbocycles. The minimum absolute atomic E-state index is 0.307. The largest absolute Gasteiger partial charge is 0.497 e. The number of nitrogens with zero attached hydrogens (tertiary/aromatic N) is 1. The van der Waals surface area contributed by atoms with Gasteiger partial charge in [0.15, 0.2) is 0 Å². The Hall–Kier alpha value is -2.27. The van der Waals surface area contributed by atoms with Crippen molar-refractivity contribution in [1.82, 2.24) is 4.98 Å².